The third kappa shape index (κ3) is 3.18. The van der Waals surface area contributed by atoms with E-state index in [0.717, 1.165) is 4.60 Å². The van der Waals surface area contributed by atoms with Gasteiger partial charge in [-0.05, 0) is 15.9 Å². The zero-order chi connectivity index (χ0) is 8.10. The van der Waals surface area contributed by atoms with Crippen LogP contribution in [0, 0.1) is 0 Å². The van der Waals surface area contributed by atoms with Crippen LogP contribution in [0.2, 0.25) is 0 Å². The summed E-state index contributed by atoms with van der Waals surface area (Å²) in [6, 6.07) is 0. The fourth-order valence-corrected chi connectivity index (χ4v) is 1.64. The summed E-state index contributed by atoms with van der Waals surface area (Å²) in [5.41, 5.74) is 0. The lowest BCUT2D eigenvalue weighted by Gasteiger charge is -1.97. The molecule has 0 saturated carbocycles. The molecule has 0 bridgehead atoms. The van der Waals surface area contributed by atoms with Crippen molar-refractivity contribution < 1.29 is 9.84 Å². The average molecular weight is 238 g/mol. The Labute approximate surface area is 77.2 Å². The second-order valence-corrected chi connectivity index (χ2v) is 3.49. The molecule has 11 heavy (non-hydrogen) atoms. The quantitative estimate of drug-likeness (QED) is 0.811. The zero-order valence-corrected chi connectivity index (χ0v) is 8.19. The van der Waals surface area contributed by atoms with E-state index < -0.39 is 0 Å². The summed E-state index contributed by atoms with van der Waals surface area (Å²) in [7, 11) is 0. The number of nitrogens with zero attached hydrogens (tertiary/aromatic N) is 1. The Balaban J connectivity index is 2.27. The maximum atomic E-state index is 8.44. The van der Waals surface area contributed by atoms with Gasteiger partial charge in [-0.25, -0.2) is 0 Å². The van der Waals surface area contributed by atoms with Gasteiger partial charge in [0.15, 0.2) is 0 Å². The van der Waals surface area contributed by atoms with E-state index in [1.807, 2.05) is 5.38 Å². The molecular weight excluding hydrogens is 230 g/mol. The number of hydrogen-bond donors (Lipinski definition) is 1. The first kappa shape index (κ1) is 8.96. The van der Waals surface area contributed by atoms with Crippen LogP contribution in [0.3, 0.4) is 0 Å². The van der Waals surface area contributed by atoms with Gasteiger partial charge in [-0.15, -0.1) is 0 Å². The summed E-state index contributed by atoms with van der Waals surface area (Å²) in [4.78, 5) is 4.01. The lowest BCUT2D eigenvalue weighted by Crippen LogP contribution is -1.98. The maximum absolute atomic E-state index is 8.44. The molecule has 0 spiro atoms. The number of thiazole rings is 1. The SMILES string of the molecule is OCCCOc1nc(Br)cs1. The molecule has 3 nitrogen and oxygen atoms in total. The molecule has 0 aromatic carbocycles. The van der Waals surface area contributed by atoms with Crippen LogP contribution < -0.4 is 4.74 Å². The standard InChI is InChI=1S/C6H8BrNO2S/c7-5-4-11-6(8-5)10-3-1-2-9/h4,9H,1-3H2. The van der Waals surface area contributed by atoms with Crippen LogP contribution in [-0.2, 0) is 0 Å². The largest absolute Gasteiger partial charge is 0.470 e. The van der Waals surface area contributed by atoms with Crippen LogP contribution in [-0.4, -0.2) is 23.3 Å². The molecule has 0 fully saturated rings. The van der Waals surface area contributed by atoms with E-state index in [2.05, 4.69) is 20.9 Å². The molecule has 0 radical (unpaired) electrons. The van der Waals surface area contributed by atoms with Crippen molar-refractivity contribution in [1.82, 2.24) is 4.98 Å². The first-order valence-electron chi connectivity index (χ1n) is 3.17. The second-order valence-electron chi connectivity index (χ2n) is 1.86. The van der Waals surface area contributed by atoms with E-state index in [1.165, 1.54) is 11.3 Å². The minimum Gasteiger partial charge on any atom is -0.470 e. The first-order valence-corrected chi connectivity index (χ1v) is 4.85. The minimum atomic E-state index is 0.159. The number of aliphatic hydroxyl groups is 1. The summed E-state index contributed by atoms with van der Waals surface area (Å²) in [5, 5.41) is 10.9. The van der Waals surface area contributed by atoms with E-state index in [-0.39, 0.29) is 6.61 Å². The van der Waals surface area contributed by atoms with Crippen molar-refractivity contribution in [2.24, 2.45) is 0 Å². The predicted octanol–water partition coefficient (Wildman–Crippen LogP) is 1.67. The highest BCUT2D eigenvalue weighted by Gasteiger charge is 1.98. The molecule has 1 rings (SSSR count). The van der Waals surface area contributed by atoms with Crippen molar-refractivity contribution in [3.05, 3.63) is 9.98 Å². The van der Waals surface area contributed by atoms with Crippen LogP contribution in [0.25, 0.3) is 0 Å². The highest BCUT2D eigenvalue weighted by atomic mass is 79.9. The highest BCUT2D eigenvalue weighted by Crippen LogP contribution is 2.21. The number of aromatic nitrogens is 1. The number of halogens is 1. The Bertz CT molecular complexity index is 216. The Kier molecular flexibility index (Phi) is 3.82. The lowest BCUT2D eigenvalue weighted by atomic mass is 10.5. The molecule has 0 saturated heterocycles. The first-order chi connectivity index (χ1) is 5.33. The molecule has 0 aliphatic carbocycles. The number of aliphatic hydroxyl groups excluding tert-OH is 1. The van der Waals surface area contributed by atoms with Crippen molar-refractivity contribution in [2.75, 3.05) is 13.2 Å². The summed E-state index contributed by atoms with van der Waals surface area (Å²) in [6.45, 7) is 0.684. The van der Waals surface area contributed by atoms with Crippen molar-refractivity contribution in [3.63, 3.8) is 0 Å². The van der Waals surface area contributed by atoms with Gasteiger partial charge in [-0.3, -0.25) is 0 Å². The molecule has 0 atom stereocenters. The molecule has 1 N–H and O–H groups in total. The van der Waals surface area contributed by atoms with Gasteiger partial charge in [-0.2, -0.15) is 4.98 Å². The monoisotopic (exact) mass is 237 g/mol. The molecule has 0 aliphatic rings. The van der Waals surface area contributed by atoms with Crippen molar-refractivity contribution in [1.29, 1.82) is 0 Å². The van der Waals surface area contributed by atoms with Crippen molar-refractivity contribution >= 4 is 27.3 Å². The van der Waals surface area contributed by atoms with Crippen LogP contribution in [0.5, 0.6) is 5.19 Å². The second kappa shape index (κ2) is 4.69. The van der Waals surface area contributed by atoms with E-state index in [4.69, 9.17) is 9.84 Å². The summed E-state index contributed by atoms with van der Waals surface area (Å²) in [5.74, 6) is 0. The minimum absolute atomic E-state index is 0.159. The third-order valence-corrected chi connectivity index (χ3v) is 2.44. The van der Waals surface area contributed by atoms with E-state index in [9.17, 15) is 0 Å². The van der Waals surface area contributed by atoms with Gasteiger partial charge in [0.2, 0.25) is 0 Å². The lowest BCUT2D eigenvalue weighted by molar-refractivity contribution is 0.233. The van der Waals surface area contributed by atoms with Crippen LogP contribution in [0.1, 0.15) is 6.42 Å². The van der Waals surface area contributed by atoms with Crippen LogP contribution >= 0.6 is 27.3 Å². The average Bonchev–Trinajstić information content (AvgIpc) is 2.37. The van der Waals surface area contributed by atoms with Gasteiger partial charge < -0.3 is 9.84 Å². The summed E-state index contributed by atoms with van der Waals surface area (Å²) in [6.07, 6.45) is 0.650. The van der Waals surface area contributed by atoms with Crippen molar-refractivity contribution in [3.8, 4) is 5.19 Å². The molecule has 1 aromatic heterocycles. The zero-order valence-electron chi connectivity index (χ0n) is 5.79. The normalized spacial score (nSPS) is 10.0. The van der Waals surface area contributed by atoms with E-state index >= 15 is 0 Å². The Morgan fingerprint density at radius 3 is 3.09 bits per heavy atom. The van der Waals surface area contributed by atoms with E-state index in [0.29, 0.717) is 18.2 Å². The smallest absolute Gasteiger partial charge is 0.274 e. The molecule has 1 heterocycles. The fraction of sp³-hybridized carbons (Fsp3) is 0.500. The predicted molar refractivity (Wildman–Crippen MR) is 47.0 cm³/mol. The Hall–Kier alpha value is -0.130. The summed E-state index contributed by atoms with van der Waals surface area (Å²) >= 11 is 4.65. The molecule has 0 amide bonds. The number of hydrogen-bond acceptors (Lipinski definition) is 4. The molecule has 1 aromatic rings. The molecular formula is C6H8BrNO2S. The Morgan fingerprint density at radius 2 is 2.55 bits per heavy atom. The Morgan fingerprint density at radius 1 is 1.73 bits per heavy atom. The molecule has 0 unspecified atom stereocenters. The van der Waals surface area contributed by atoms with Crippen molar-refractivity contribution in [2.45, 2.75) is 6.42 Å². The number of ether oxygens (including phenoxy) is 1. The number of rotatable bonds is 4. The molecule has 62 valence electrons. The maximum Gasteiger partial charge on any atom is 0.274 e. The van der Waals surface area contributed by atoms with Gasteiger partial charge in [0.25, 0.3) is 5.19 Å². The van der Waals surface area contributed by atoms with Gasteiger partial charge in [-0.1, -0.05) is 11.3 Å². The third-order valence-electron chi connectivity index (χ3n) is 0.983. The van der Waals surface area contributed by atoms with Crippen LogP contribution in [0.15, 0.2) is 9.98 Å². The topological polar surface area (TPSA) is 42.4 Å². The highest BCUT2D eigenvalue weighted by molar-refractivity contribution is 9.10. The fourth-order valence-electron chi connectivity index (χ4n) is 0.529. The van der Waals surface area contributed by atoms with Gasteiger partial charge in [0.1, 0.15) is 4.60 Å². The van der Waals surface area contributed by atoms with E-state index in [1.54, 1.807) is 0 Å². The summed E-state index contributed by atoms with van der Waals surface area (Å²) < 4.78 is 5.98. The molecule has 5 heteroatoms. The van der Waals surface area contributed by atoms with Gasteiger partial charge in [0.05, 0.1) is 6.61 Å². The molecule has 0 aliphatic heterocycles. The van der Waals surface area contributed by atoms with Gasteiger partial charge in [0, 0.05) is 18.4 Å². The van der Waals surface area contributed by atoms with Crippen LogP contribution in [0.4, 0.5) is 0 Å². The van der Waals surface area contributed by atoms with Gasteiger partial charge >= 0.3 is 0 Å².